The molecule has 0 aromatic rings. The molecular formula is C23H62N10O4. The molecule has 37 heavy (non-hydrogen) atoms. The first-order valence-electron chi connectivity index (χ1n) is 13.1. The number of carboxylic acid groups (broad SMARTS) is 2. The standard InChI is InChI=1S/C6H14N2O2.C5H12N2O2.C5H14N2.C4H12N2.C3H10N2/c7-4-2-1-3-5(8)6(9)10;6-3-1-2-4(7)5(8)9;1-2-3-4-5(6)7;1-2-3-4(5)6;1-2-3(4)5/h5H,1-4,7-8H2,(H,9,10);4H,1-3,6-7H2,(H,8,9);5H,2-4,6-7H2,1H3;4H,2-3,5-6H2,1H3;3H,2,4-5H2,1H3. The number of rotatable bonds is 15. The van der Waals surface area contributed by atoms with Gasteiger partial charge in [0.25, 0.3) is 0 Å². The van der Waals surface area contributed by atoms with Crippen LogP contribution in [-0.4, -0.2) is 65.8 Å². The molecule has 0 fully saturated rings. The summed E-state index contributed by atoms with van der Waals surface area (Å²) in [4.78, 5) is 20.2. The lowest BCUT2D eigenvalue weighted by molar-refractivity contribution is -0.139. The average molecular weight is 543 g/mol. The lowest BCUT2D eigenvalue weighted by Gasteiger charge is -2.03. The minimum Gasteiger partial charge on any atom is -0.480 e. The lowest BCUT2D eigenvalue weighted by atomic mass is 10.1. The highest BCUT2D eigenvalue weighted by Crippen LogP contribution is 1.97. The van der Waals surface area contributed by atoms with E-state index in [1.165, 1.54) is 6.42 Å². The van der Waals surface area contributed by atoms with Crippen LogP contribution in [0.5, 0.6) is 0 Å². The predicted molar refractivity (Wildman–Crippen MR) is 154 cm³/mol. The van der Waals surface area contributed by atoms with Crippen LogP contribution in [0.25, 0.3) is 0 Å². The van der Waals surface area contributed by atoms with E-state index in [4.69, 9.17) is 67.5 Å². The highest BCUT2D eigenvalue weighted by molar-refractivity contribution is 5.73. The molecule has 0 bridgehead atoms. The molecule has 0 heterocycles. The van der Waals surface area contributed by atoms with Gasteiger partial charge in [-0.15, -0.1) is 0 Å². The largest absolute Gasteiger partial charge is 0.480 e. The van der Waals surface area contributed by atoms with Gasteiger partial charge >= 0.3 is 11.9 Å². The molecule has 14 nitrogen and oxygen atoms in total. The molecule has 2 unspecified atom stereocenters. The summed E-state index contributed by atoms with van der Waals surface area (Å²) in [5.41, 5.74) is 51.7. The normalized spacial score (nSPS) is 11.6. The van der Waals surface area contributed by atoms with E-state index in [-0.39, 0.29) is 18.5 Å². The molecule has 0 spiro atoms. The van der Waals surface area contributed by atoms with Crippen LogP contribution >= 0.6 is 0 Å². The zero-order valence-electron chi connectivity index (χ0n) is 23.6. The molecule has 0 radical (unpaired) electrons. The van der Waals surface area contributed by atoms with Crippen LogP contribution in [-0.2, 0) is 9.59 Å². The second-order valence-corrected chi connectivity index (χ2v) is 8.44. The summed E-state index contributed by atoms with van der Waals surface area (Å²) in [6.45, 7) is 7.24. The molecule has 0 aromatic carbocycles. The van der Waals surface area contributed by atoms with Crippen LogP contribution in [0.3, 0.4) is 0 Å². The summed E-state index contributed by atoms with van der Waals surface area (Å²) in [6, 6.07) is -1.46. The molecule has 0 amide bonds. The number of aliphatic carboxylic acids is 2. The van der Waals surface area contributed by atoms with Crippen molar-refractivity contribution >= 4 is 11.9 Å². The predicted octanol–water partition coefficient (Wildman–Crippen LogP) is -1.25. The number of carbonyl (C=O) groups is 2. The monoisotopic (exact) mass is 542 g/mol. The van der Waals surface area contributed by atoms with Crippen LogP contribution < -0.4 is 57.3 Å². The van der Waals surface area contributed by atoms with Gasteiger partial charge in [0.2, 0.25) is 0 Å². The Labute approximate surface area is 224 Å². The van der Waals surface area contributed by atoms with Crippen molar-refractivity contribution in [2.45, 2.75) is 122 Å². The van der Waals surface area contributed by atoms with Crippen molar-refractivity contribution in [3.8, 4) is 0 Å². The van der Waals surface area contributed by atoms with E-state index >= 15 is 0 Å². The Kier molecular flexibility index (Phi) is 45.1. The Morgan fingerprint density at radius 2 is 0.919 bits per heavy atom. The average Bonchev–Trinajstić information content (AvgIpc) is 2.82. The van der Waals surface area contributed by atoms with Gasteiger partial charge in [0.15, 0.2) is 0 Å². The van der Waals surface area contributed by atoms with Crippen LogP contribution in [0.2, 0.25) is 0 Å². The van der Waals surface area contributed by atoms with Crippen molar-refractivity contribution in [1.82, 2.24) is 0 Å². The van der Waals surface area contributed by atoms with Crippen molar-refractivity contribution in [1.29, 1.82) is 0 Å². The maximum atomic E-state index is 10.1. The highest BCUT2D eigenvalue weighted by Gasteiger charge is 2.09. The number of carboxylic acids is 2. The summed E-state index contributed by atoms with van der Waals surface area (Å²) >= 11 is 0. The molecule has 228 valence electrons. The van der Waals surface area contributed by atoms with E-state index in [0.717, 1.165) is 44.9 Å². The number of hydrogen-bond acceptors (Lipinski definition) is 12. The van der Waals surface area contributed by atoms with Gasteiger partial charge in [-0.05, 0) is 58.0 Å². The smallest absolute Gasteiger partial charge is 0.320 e. The topological polar surface area (TPSA) is 335 Å². The van der Waals surface area contributed by atoms with Crippen molar-refractivity contribution < 1.29 is 19.8 Å². The van der Waals surface area contributed by atoms with Gasteiger partial charge in [-0.2, -0.15) is 0 Å². The molecule has 22 N–H and O–H groups in total. The summed E-state index contributed by atoms with van der Waals surface area (Å²) in [7, 11) is 0. The Morgan fingerprint density at radius 3 is 1.11 bits per heavy atom. The van der Waals surface area contributed by atoms with Gasteiger partial charge < -0.3 is 67.5 Å². The fourth-order valence-corrected chi connectivity index (χ4v) is 1.87. The first-order chi connectivity index (χ1) is 17.2. The molecule has 0 aromatic heterocycles. The maximum absolute atomic E-state index is 10.1. The Balaban J connectivity index is -0.000000118. The minimum absolute atomic E-state index is 0.0973. The molecule has 0 aliphatic heterocycles. The van der Waals surface area contributed by atoms with Gasteiger partial charge in [0, 0.05) is 0 Å². The number of nitrogens with two attached hydrogens (primary N) is 10. The Morgan fingerprint density at radius 1 is 0.541 bits per heavy atom. The Hall–Kier alpha value is -1.46. The molecule has 14 heteroatoms. The van der Waals surface area contributed by atoms with Crippen LogP contribution in [0.4, 0.5) is 0 Å². The van der Waals surface area contributed by atoms with Gasteiger partial charge in [-0.1, -0.05) is 46.5 Å². The number of hydrogen-bond donors (Lipinski definition) is 12. The quantitative estimate of drug-likeness (QED) is 0.0849. The van der Waals surface area contributed by atoms with Gasteiger partial charge in [0.05, 0.1) is 18.5 Å². The Bertz CT molecular complexity index is 459. The van der Waals surface area contributed by atoms with Crippen LogP contribution in [0.15, 0.2) is 0 Å². The summed E-state index contributed by atoms with van der Waals surface area (Å²) in [6.07, 6.45) is 9.15. The van der Waals surface area contributed by atoms with Crippen molar-refractivity contribution in [2.24, 2.45) is 57.3 Å². The third-order valence-electron chi connectivity index (χ3n) is 4.31. The first-order valence-corrected chi connectivity index (χ1v) is 13.1. The molecule has 0 aliphatic rings. The SMILES string of the molecule is CCC(N)N.CCCC(N)N.CCCCC(N)N.NCCCC(N)C(=O)O.NCCCCC(N)C(=O)O. The molecular weight excluding hydrogens is 480 g/mol. The van der Waals surface area contributed by atoms with E-state index in [1.54, 1.807) is 0 Å². The van der Waals surface area contributed by atoms with Gasteiger partial charge in [0.1, 0.15) is 12.1 Å². The van der Waals surface area contributed by atoms with Crippen LogP contribution in [0.1, 0.15) is 91.4 Å². The fourth-order valence-electron chi connectivity index (χ4n) is 1.87. The maximum Gasteiger partial charge on any atom is 0.320 e. The van der Waals surface area contributed by atoms with Crippen LogP contribution in [0, 0.1) is 0 Å². The lowest BCUT2D eigenvalue weighted by Crippen LogP contribution is -2.30. The second kappa shape index (κ2) is 36.7. The van der Waals surface area contributed by atoms with Crippen molar-refractivity contribution in [3.05, 3.63) is 0 Å². The van der Waals surface area contributed by atoms with E-state index in [2.05, 4.69) is 13.8 Å². The molecule has 0 saturated carbocycles. The zero-order valence-corrected chi connectivity index (χ0v) is 23.6. The zero-order chi connectivity index (χ0) is 30.2. The first kappa shape index (κ1) is 45.5. The molecule has 0 saturated heterocycles. The summed E-state index contributed by atoms with van der Waals surface area (Å²) in [5.74, 6) is -1.89. The molecule has 2 atom stereocenters. The minimum atomic E-state index is -0.955. The highest BCUT2D eigenvalue weighted by atomic mass is 16.4. The van der Waals surface area contributed by atoms with Crippen molar-refractivity contribution in [2.75, 3.05) is 13.1 Å². The third kappa shape index (κ3) is 60.7. The summed E-state index contributed by atoms with van der Waals surface area (Å²) < 4.78 is 0. The number of unbranched alkanes of at least 4 members (excludes halogenated alkanes) is 2. The summed E-state index contributed by atoms with van der Waals surface area (Å²) in [5, 5.41) is 16.6. The molecule has 0 rings (SSSR count). The fraction of sp³-hybridized carbons (Fsp3) is 0.913. The van der Waals surface area contributed by atoms with E-state index < -0.39 is 24.0 Å². The van der Waals surface area contributed by atoms with E-state index in [0.29, 0.717) is 32.4 Å². The van der Waals surface area contributed by atoms with Crippen molar-refractivity contribution in [3.63, 3.8) is 0 Å². The second-order valence-electron chi connectivity index (χ2n) is 8.44. The van der Waals surface area contributed by atoms with Gasteiger partial charge in [-0.3, -0.25) is 9.59 Å². The van der Waals surface area contributed by atoms with E-state index in [1.807, 2.05) is 6.92 Å². The van der Waals surface area contributed by atoms with E-state index in [9.17, 15) is 9.59 Å². The molecule has 0 aliphatic carbocycles. The third-order valence-corrected chi connectivity index (χ3v) is 4.31. The van der Waals surface area contributed by atoms with Gasteiger partial charge in [-0.25, -0.2) is 0 Å².